The van der Waals surface area contributed by atoms with Crippen molar-refractivity contribution in [3.63, 3.8) is 0 Å². The van der Waals surface area contributed by atoms with Gasteiger partial charge in [0.05, 0.1) is 6.54 Å². The number of carbonyl (C=O) groups excluding carboxylic acids is 3. The second kappa shape index (κ2) is 8.75. The highest BCUT2D eigenvalue weighted by atomic mass is 16.2. The molecule has 7 heteroatoms. The fourth-order valence-electron chi connectivity index (χ4n) is 7.06. The number of para-hydroxylation sites is 1. The minimum absolute atomic E-state index is 0.136. The molecule has 4 aliphatic carbocycles. The Labute approximate surface area is 189 Å². The maximum Gasteiger partial charge on any atom is 0.257 e. The summed E-state index contributed by atoms with van der Waals surface area (Å²) in [6, 6.07) is 8.13. The number of benzene rings is 1. The van der Waals surface area contributed by atoms with Crippen molar-refractivity contribution in [1.82, 2.24) is 16.2 Å². The fourth-order valence-corrected chi connectivity index (χ4v) is 7.06. The summed E-state index contributed by atoms with van der Waals surface area (Å²) in [5, 5.41) is 3.01. The van der Waals surface area contributed by atoms with Gasteiger partial charge in [-0.25, -0.2) is 0 Å². The normalized spacial score (nSPS) is 29.9. The Morgan fingerprint density at radius 2 is 1.59 bits per heavy atom. The molecule has 0 aromatic heterocycles. The summed E-state index contributed by atoms with van der Waals surface area (Å²) in [7, 11) is 0. The molecule has 5 aliphatic rings. The van der Waals surface area contributed by atoms with E-state index in [1.165, 1.54) is 24.8 Å². The van der Waals surface area contributed by atoms with Crippen molar-refractivity contribution in [3.05, 3.63) is 29.8 Å². The van der Waals surface area contributed by atoms with Crippen LogP contribution >= 0.6 is 0 Å². The fraction of sp³-hybridized carbons (Fsp3) is 0.640. The summed E-state index contributed by atoms with van der Waals surface area (Å²) in [6.45, 7) is 1.34. The van der Waals surface area contributed by atoms with Crippen molar-refractivity contribution >= 4 is 23.4 Å². The maximum atomic E-state index is 12.9. The van der Waals surface area contributed by atoms with Crippen LogP contribution in [0.4, 0.5) is 5.69 Å². The molecule has 32 heavy (non-hydrogen) atoms. The SMILES string of the molecule is O=C(CCNC(=O)C12CC3CC(CC(C3)C1)C2)NNC(=O)CN1CCCc2ccccc21. The first-order valence-corrected chi connectivity index (χ1v) is 12.2. The number of fused-ring (bicyclic) bond motifs is 1. The Balaban J connectivity index is 1.03. The van der Waals surface area contributed by atoms with Crippen molar-refractivity contribution in [3.8, 4) is 0 Å². The lowest BCUT2D eigenvalue weighted by molar-refractivity contribution is -0.146. The molecule has 4 bridgehead atoms. The van der Waals surface area contributed by atoms with E-state index in [-0.39, 0.29) is 36.1 Å². The molecule has 172 valence electrons. The van der Waals surface area contributed by atoms with Crippen LogP contribution in [0.2, 0.25) is 0 Å². The first kappa shape index (κ1) is 21.3. The first-order valence-electron chi connectivity index (χ1n) is 12.2. The standard InChI is InChI=1S/C25H34N4O3/c30-22(27-28-23(31)16-29-9-3-5-20-4-1-2-6-21(20)29)7-8-26-24(32)25-13-17-10-18(14-25)12-19(11-17)15-25/h1-2,4,6,17-19H,3,5,7-16H2,(H,26,32)(H,27,30)(H,28,31). The molecule has 1 aliphatic heterocycles. The van der Waals surface area contributed by atoms with Gasteiger partial charge in [-0.15, -0.1) is 0 Å². The minimum Gasteiger partial charge on any atom is -0.362 e. The molecule has 4 fully saturated rings. The van der Waals surface area contributed by atoms with Crippen LogP contribution in [-0.4, -0.2) is 37.4 Å². The maximum absolute atomic E-state index is 12.9. The van der Waals surface area contributed by atoms with Crippen LogP contribution in [0.15, 0.2) is 24.3 Å². The third-order valence-electron chi connectivity index (χ3n) is 8.04. The van der Waals surface area contributed by atoms with Crippen molar-refractivity contribution < 1.29 is 14.4 Å². The zero-order valence-corrected chi connectivity index (χ0v) is 18.7. The van der Waals surface area contributed by atoms with Gasteiger partial charge in [-0.05, 0) is 80.8 Å². The van der Waals surface area contributed by atoms with Crippen LogP contribution in [0.3, 0.4) is 0 Å². The summed E-state index contributed by atoms with van der Waals surface area (Å²) >= 11 is 0. The Kier molecular flexibility index (Phi) is 5.82. The van der Waals surface area contributed by atoms with E-state index in [0.717, 1.165) is 62.1 Å². The van der Waals surface area contributed by atoms with Crippen LogP contribution < -0.4 is 21.1 Å². The highest BCUT2D eigenvalue weighted by Gasteiger charge is 2.54. The van der Waals surface area contributed by atoms with Gasteiger partial charge >= 0.3 is 0 Å². The average molecular weight is 439 g/mol. The average Bonchev–Trinajstić information content (AvgIpc) is 2.77. The second-order valence-corrected chi connectivity index (χ2v) is 10.5. The van der Waals surface area contributed by atoms with Crippen LogP contribution in [0.25, 0.3) is 0 Å². The number of amides is 3. The van der Waals surface area contributed by atoms with E-state index in [9.17, 15) is 14.4 Å². The van der Waals surface area contributed by atoms with Crippen LogP contribution in [0.5, 0.6) is 0 Å². The number of anilines is 1. The summed E-state index contributed by atoms with van der Waals surface area (Å²) in [4.78, 5) is 39.5. The van der Waals surface area contributed by atoms with Gasteiger partial charge in [0.25, 0.3) is 5.91 Å². The lowest BCUT2D eigenvalue weighted by atomic mass is 9.49. The minimum atomic E-state index is -0.289. The zero-order valence-electron chi connectivity index (χ0n) is 18.7. The van der Waals surface area contributed by atoms with E-state index in [1.807, 2.05) is 23.1 Å². The topological polar surface area (TPSA) is 90.5 Å². The van der Waals surface area contributed by atoms with Crippen LogP contribution in [0, 0.1) is 23.2 Å². The van der Waals surface area contributed by atoms with E-state index in [4.69, 9.17) is 0 Å². The van der Waals surface area contributed by atoms with E-state index in [2.05, 4.69) is 22.2 Å². The van der Waals surface area contributed by atoms with Crippen molar-refractivity contribution in [1.29, 1.82) is 0 Å². The highest BCUT2D eigenvalue weighted by molar-refractivity contribution is 5.86. The van der Waals surface area contributed by atoms with Gasteiger partial charge in [-0.2, -0.15) is 0 Å². The molecule has 0 spiro atoms. The second-order valence-electron chi connectivity index (χ2n) is 10.5. The van der Waals surface area contributed by atoms with Gasteiger partial charge < -0.3 is 10.2 Å². The largest absolute Gasteiger partial charge is 0.362 e. The predicted molar refractivity (Wildman–Crippen MR) is 121 cm³/mol. The van der Waals surface area contributed by atoms with Gasteiger partial charge in [0, 0.05) is 30.6 Å². The van der Waals surface area contributed by atoms with Crippen molar-refractivity contribution in [2.45, 2.75) is 57.8 Å². The van der Waals surface area contributed by atoms with Gasteiger partial charge in [-0.3, -0.25) is 25.2 Å². The van der Waals surface area contributed by atoms with Gasteiger partial charge in [0.15, 0.2) is 0 Å². The Morgan fingerprint density at radius 1 is 0.938 bits per heavy atom. The molecule has 3 N–H and O–H groups in total. The predicted octanol–water partition coefficient (Wildman–Crippen LogP) is 2.31. The number of nitrogens with zero attached hydrogens (tertiary/aromatic N) is 1. The third-order valence-corrected chi connectivity index (χ3v) is 8.04. The quantitative estimate of drug-likeness (QED) is 0.595. The molecule has 4 saturated carbocycles. The number of nitrogens with one attached hydrogen (secondary N) is 3. The number of hydrogen-bond acceptors (Lipinski definition) is 4. The molecule has 0 unspecified atom stereocenters. The highest BCUT2D eigenvalue weighted by Crippen LogP contribution is 2.60. The first-order chi connectivity index (χ1) is 15.5. The number of hydrogen-bond donors (Lipinski definition) is 3. The molecule has 0 saturated heterocycles. The van der Waals surface area contributed by atoms with Gasteiger partial charge in [0.2, 0.25) is 11.8 Å². The molecule has 3 amide bonds. The Morgan fingerprint density at radius 3 is 2.31 bits per heavy atom. The summed E-state index contributed by atoms with van der Waals surface area (Å²) < 4.78 is 0. The van der Waals surface area contributed by atoms with E-state index >= 15 is 0 Å². The molecule has 7 nitrogen and oxygen atoms in total. The number of hydrazine groups is 1. The zero-order chi connectivity index (χ0) is 22.1. The monoisotopic (exact) mass is 438 g/mol. The lowest BCUT2D eigenvalue weighted by Gasteiger charge is -2.55. The molecular formula is C25H34N4O3. The van der Waals surface area contributed by atoms with Gasteiger partial charge in [-0.1, -0.05) is 18.2 Å². The number of carbonyl (C=O) groups is 3. The lowest BCUT2D eigenvalue weighted by Crippen LogP contribution is -2.54. The van der Waals surface area contributed by atoms with E-state index < -0.39 is 0 Å². The third kappa shape index (κ3) is 4.34. The molecule has 1 aromatic rings. The van der Waals surface area contributed by atoms with Gasteiger partial charge in [0.1, 0.15) is 0 Å². The van der Waals surface area contributed by atoms with E-state index in [0.29, 0.717) is 6.54 Å². The van der Waals surface area contributed by atoms with Crippen molar-refractivity contribution in [2.24, 2.45) is 23.2 Å². The van der Waals surface area contributed by atoms with Crippen molar-refractivity contribution in [2.75, 3.05) is 24.5 Å². The molecule has 1 heterocycles. The molecule has 6 rings (SSSR count). The molecule has 1 aromatic carbocycles. The Bertz CT molecular complexity index is 864. The number of rotatable bonds is 6. The molecule has 0 atom stereocenters. The van der Waals surface area contributed by atoms with E-state index in [1.54, 1.807) is 0 Å². The number of aryl methyl sites for hydroxylation is 1. The Hall–Kier alpha value is -2.57. The van der Waals surface area contributed by atoms with Crippen LogP contribution in [-0.2, 0) is 20.8 Å². The smallest absolute Gasteiger partial charge is 0.257 e. The summed E-state index contributed by atoms with van der Waals surface area (Å²) in [5.74, 6) is 1.76. The summed E-state index contributed by atoms with van der Waals surface area (Å²) in [6.07, 6.45) is 9.17. The molecule has 0 radical (unpaired) electrons. The molecular weight excluding hydrogens is 404 g/mol. The van der Waals surface area contributed by atoms with Crippen LogP contribution in [0.1, 0.15) is 56.9 Å². The summed E-state index contributed by atoms with van der Waals surface area (Å²) in [5.41, 5.74) is 7.16.